The highest BCUT2D eigenvalue weighted by molar-refractivity contribution is 5.27. The average Bonchev–Trinajstić information content (AvgIpc) is 2.56. The van der Waals surface area contributed by atoms with Crippen LogP contribution in [0.5, 0.6) is 5.75 Å². The van der Waals surface area contributed by atoms with Crippen LogP contribution >= 0.6 is 0 Å². The Labute approximate surface area is 132 Å². The average molecular weight is 300 g/mol. The summed E-state index contributed by atoms with van der Waals surface area (Å²) < 4.78 is 5.13. The fourth-order valence-corrected chi connectivity index (χ4v) is 2.20. The Morgan fingerprint density at radius 2 is 1.73 bits per heavy atom. The van der Waals surface area contributed by atoms with Crippen LogP contribution in [0.3, 0.4) is 0 Å². The molecule has 118 valence electrons. The molecule has 2 rings (SSSR count). The van der Waals surface area contributed by atoms with Gasteiger partial charge in [-0.15, -0.1) is 0 Å². The first-order valence-electron chi connectivity index (χ1n) is 7.52. The van der Waals surface area contributed by atoms with Crippen LogP contribution < -0.4 is 10.1 Å². The van der Waals surface area contributed by atoms with Crippen LogP contribution in [0, 0.1) is 0 Å². The van der Waals surface area contributed by atoms with Gasteiger partial charge in [-0.1, -0.05) is 42.5 Å². The van der Waals surface area contributed by atoms with Gasteiger partial charge < -0.3 is 15.3 Å². The number of methoxy groups -OCH3 is 1. The van der Waals surface area contributed by atoms with Gasteiger partial charge in [0.2, 0.25) is 0 Å². The van der Waals surface area contributed by atoms with Crippen LogP contribution in [0.25, 0.3) is 0 Å². The maximum atomic E-state index is 10.2. The van der Waals surface area contributed by atoms with Gasteiger partial charge in [0.15, 0.2) is 0 Å². The highest BCUT2D eigenvalue weighted by Gasteiger charge is 2.11. The molecule has 0 aromatic heterocycles. The summed E-state index contributed by atoms with van der Waals surface area (Å²) in [5, 5.41) is 14.9. The van der Waals surface area contributed by atoms with Gasteiger partial charge >= 0.3 is 0 Å². The van der Waals surface area contributed by atoms with Crippen LogP contribution in [0.4, 0.5) is 0 Å². The molecule has 22 heavy (non-hydrogen) atoms. The molecule has 0 heterocycles. The zero-order chi connectivity index (χ0) is 15.8. The fraction of sp³-hybridized carbons (Fsp3) is 0.333. The Kier molecular flexibility index (Phi) is 6.40. The maximum absolute atomic E-state index is 10.2. The van der Waals surface area contributed by atoms with Gasteiger partial charge in [-0.05, 0) is 30.2 Å². The third-order valence-corrected chi connectivity index (χ3v) is 3.62. The number of hydrogen-bond donors (Lipinski definition) is 2. The molecule has 1 atom stereocenters. The Hall–Kier alpha value is -1.88. The third kappa shape index (κ3) is 5.15. The maximum Gasteiger partial charge on any atom is 0.118 e. The van der Waals surface area contributed by atoms with E-state index in [2.05, 4.69) is 17.4 Å². The molecule has 1 unspecified atom stereocenters. The molecule has 0 amide bonds. The van der Waals surface area contributed by atoms with E-state index in [-0.39, 0.29) is 6.04 Å². The molecule has 0 aliphatic heterocycles. The number of rotatable bonds is 8. The highest BCUT2D eigenvalue weighted by Crippen LogP contribution is 2.13. The molecule has 0 fully saturated rings. The molecule has 2 N–H and O–H groups in total. The second-order valence-corrected chi connectivity index (χ2v) is 5.41. The lowest BCUT2D eigenvalue weighted by atomic mass is 10.2. The molecular weight excluding hydrogens is 276 g/mol. The Balaban J connectivity index is 1.75. The van der Waals surface area contributed by atoms with Crippen LogP contribution in [-0.4, -0.2) is 30.0 Å². The lowest BCUT2D eigenvalue weighted by Crippen LogP contribution is -2.37. The van der Waals surface area contributed by atoms with E-state index in [1.54, 1.807) is 7.11 Å². The van der Waals surface area contributed by atoms with E-state index in [4.69, 9.17) is 4.74 Å². The summed E-state index contributed by atoms with van der Waals surface area (Å²) in [7, 11) is 1.65. The number of hydrogen-bond acceptors (Lipinski definition) is 4. The predicted octanol–water partition coefficient (Wildman–Crippen LogP) is 3.06. The molecule has 0 radical (unpaired) electrons. The lowest BCUT2D eigenvalue weighted by Gasteiger charge is -2.23. The molecular formula is C18H24N2O2. The van der Waals surface area contributed by atoms with Gasteiger partial charge in [-0.3, -0.25) is 0 Å². The molecule has 0 spiro atoms. The summed E-state index contributed by atoms with van der Waals surface area (Å²) >= 11 is 0. The monoisotopic (exact) mass is 300 g/mol. The summed E-state index contributed by atoms with van der Waals surface area (Å²) in [5.74, 6) is 0.825. The van der Waals surface area contributed by atoms with Crippen LogP contribution in [0.1, 0.15) is 18.1 Å². The summed E-state index contributed by atoms with van der Waals surface area (Å²) in [6.07, 6.45) is 0. The smallest absolute Gasteiger partial charge is 0.118 e. The largest absolute Gasteiger partial charge is 0.497 e. The molecule has 0 bridgehead atoms. The fourth-order valence-electron chi connectivity index (χ4n) is 2.20. The van der Waals surface area contributed by atoms with E-state index >= 15 is 0 Å². The van der Waals surface area contributed by atoms with E-state index in [0.29, 0.717) is 6.54 Å². The van der Waals surface area contributed by atoms with Crippen LogP contribution in [0.15, 0.2) is 54.6 Å². The van der Waals surface area contributed by atoms with E-state index < -0.39 is 0 Å². The molecule has 4 nitrogen and oxygen atoms in total. The van der Waals surface area contributed by atoms with E-state index in [9.17, 15) is 5.21 Å². The number of ether oxygens (including phenoxy) is 1. The first-order chi connectivity index (χ1) is 10.7. The third-order valence-electron chi connectivity index (χ3n) is 3.62. The van der Waals surface area contributed by atoms with E-state index in [0.717, 1.165) is 24.4 Å². The van der Waals surface area contributed by atoms with Gasteiger partial charge in [0.05, 0.1) is 7.11 Å². The minimum atomic E-state index is 0.0332. The molecule has 0 saturated heterocycles. The van der Waals surface area contributed by atoms with E-state index in [1.807, 2.05) is 49.4 Å². The van der Waals surface area contributed by atoms with Crippen molar-refractivity contribution < 1.29 is 9.94 Å². The lowest BCUT2D eigenvalue weighted by molar-refractivity contribution is -0.129. The topological polar surface area (TPSA) is 44.7 Å². The first-order valence-corrected chi connectivity index (χ1v) is 7.52. The Morgan fingerprint density at radius 3 is 2.36 bits per heavy atom. The van der Waals surface area contributed by atoms with Crippen molar-refractivity contribution in [3.05, 3.63) is 65.7 Å². The predicted molar refractivity (Wildman–Crippen MR) is 87.9 cm³/mol. The summed E-state index contributed by atoms with van der Waals surface area (Å²) in [6.45, 7) is 4.03. The normalized spacial score (nSPS) is 12.4. The number of benzene rings is 2. The van der Waals surface area contributed by atoms with Crippen molar-refractivity contribution in [2.45, 2.75) is 26.1 Å². The minimum Gasteiger partial charge on any atom is -0.497 e. The van der Waals surface area contributed by atoms with Crippen molar-refractivity contribution in [1.82, 2.24) is 10.4 Å². The summed E-state index contributed by atoms with van der Waals surface area (Å²) in [5.41, 5.74) is 2.30. The summed E-state index contributed by atoms with van der Waals surface area (Å²) in [6, 6.07) is 18.0. The van der Waals surface area contributed by atoms with Gasteiger partial charge in [0.1, 0.15) is 5.75 Å². The molecule has 0 saturated carbocycles. The number of nitrogens with one attached hydrogen (secondary N) is 1. The van der Waals surface area contributed by atoms with Crippen LogP contribution in [0.2, 0.25) is 0 Å². The van der Waals surface area contributed by atoms with Gasteiger partial charge in [0, 0.05) is 25.7 Å². The van der Waals surface area contributed by atoms with Crippen molar-refractivity contribution in [3.8, 4) is 5.75 Å². The van der Waals surface area contributed by atoms with Crippen molar-refractivity contribution >= 4 is 0 Å². The highest BCUT2D eigenvalue weighted by atomic mass is 16.5. The van der Waals surface area contributed by atoms with Gasteiger partial charge in [0.25, 0.3) is 0 Å². The zero-order valence-corrected chi connectivity index (χ0v) is 13.2. The zero-order valence-electron chi connectivity index (χ0n) is 13.2. The SMILES string of the molecule is COc1ccc(CN(O)C(C)CNCc2ccccc2)cc1. The number of hydroxylamine groups is 2. The van der Waals surface area contributed by atoms with E-state index in [1.165, 1.54) is 10.6 Å². The quantitative estimate of drug-likeness (QED) is 0.736. The Bertz CT molecular complexity index is 543. The molecule has 4 heteroatoms. The van der Waals surface area contributed by atoms with Crippen LogP contribution in [-0.2, 0) is 13.1 Å². The molecule has 2 aromatic carbocycles. The molecule has 0 aliphatic carbocycles. The van der Waals surface area contributed by atoms with Crippen molar-refractivity contribution in [1.29, 1.82) is 0 Å². The van der Waals surface area contributed by atoms with Crippen molar-refractivity contribution in [2.24, 2.45) is 0 Å². The number of nitrogens with zero attached hydrogens (tertiary/aromatic N) is 1. The minimum absolute atomic E-state index is 0.0332. The van der Waals surface area contributed by atoms with Crippen molar-refractivity contribution in [3.63, 3.8) is 0 Å². The first kappa shape index (κ1) is 16.5. The van der Waals surface area contributed by atoms with Gasteiger partial charge in [-0.2, -0.15) is 5.06 Å². The molecule has 0 aliphatic rings. The Morgan fingerprint density at radius 1 is 1.05 bits per heavy atom. The summed E-state index contributed by atoms with van der Waals surface area (Å²) in [4.78, 5) is 0. The second kappa shape index (κ2) is 8.54. The standard InChI is InChI=1S/C18H24N2O2/c1-15(12-19-13-16-6-4-3-5-7-16)20(21)14-17-8-10-18(22-2)11-9-17/h3-11,15,19,21H,12-14H2,1-2H3. The molecule has 2 aromatic rings. The van der Waals surface area contributed by atoms with Crippen molar-refractivity contribution in [2.75, 3.05) is 13.7 Å². The second-order valence-electron chi connectivity index (χ2n) is 5.41. The van der Waals surface area contributed by atoms with Gasteiger partial charge in [-0.25, -0.2) is 0 Å².